The number of fused-ring (bicyclic) bond motifs is 2. The van der Waals surface area contributed by atoms with Crippen LogP contribution in [-0.4, -0.2) is 18.0 Å². The molecular formula is C20H26ClF3N2O. The van der Waals surface area contributed by atoms with Crippen molar-refractivity contribution in [3.05, 3.63) is 35.4 Å². The van der Waals surface area contributed by atoms with Crippen molar-refractivity contribution < 1.29 is 18.0 Å². The fourth-order valence-electron chi connectivity index (χ4n) is 5.09. The standard InChI is InChI=1S/C20H25F3N2O.ClH/c21-20(22,23)14-6-2-3-11(7-14)16-10-17(16)19(26)25-18-12-4-1-5-13(18)9-15(24)8-12;/h2-3,6-7,12-13,15-18H,1,4-5,8-10,24H2,(H,25,26);1H. The summed E-state index contributed by atoms with van der Waals surface area (Å²) in [6, 6.07) is 5.82. The molecule has 1 aromatic carbocycles. The molecule has 2 bridgehead atoms. The van der Waals surface area contributed by atoms with Crippen LogP contribution in [0.15, 0.2) is 24.3 Å². The van der Waals surface area contributed by atoms with Crippen LogP contribution in [0.2, 0.25) is 0 Å². The lowest BCUT2D eigenvalue weighted by Crippen LogP contribution is -2.54. The minimum absolute atomic E-state index is 0. The third-order valence-electron chi connectivity index (χ3n) is 6.45. The Morgan fingerprint density at radius 1 is 1.11 bits per heavy atom. The maximum absolute atomic E-state index is 12.9. The van der Waals surface area contributed by atoms with E-state index in [-0.39, 0.29) is 42.2 Å². The van der Waals surface area contributed by atoms with Crippen molar-refractivity contribution in [2.45, 2.75) is 62.7 Å². The molecule has 0 aromatic heterocycles. The van der Waals surface area contributed by atoms with Crippen molar-refractivity contribution in [2.24, 2.45) is 23.5 Å². The number of hydrogen-bond donors (Lipinski definition) is 2. The number of rotatable bonds is 3. The van der Waals surface area contributed by atoms with Crippen molar-refractivity contribution in [3.8, 4) is 0 Å². The van der Waals surface area contributed by atoms with E-state index >= 15 is 0 Å². The van der Waals surface area contributed by atoms with Crippen LogP contribution in [0.1, 0.15) is 55.6 Å². The lowest BCUT2D eigenvalue weighted by atomic mass is 9.67. The number of hydrogen-bond acceptors (Lipinski definition) is 2. The molecule has 3 N–H and O–H groups in total. The molecule has 3 fully saturated rings. The van der Waals surface area contributed by atoms with Gasteiger partial charge in [-0.15, -0.1) is 12.4 Å². The normalized spacial score (nSPS) is 35.1. The van der Waals surface area contributed by atoms with Crippen LogP contribution in [0.25, 0.3) is 0 Å². The molecule has 7 heteroatoms. The predicted octanol–water partition coefficient (Wildman–Crippen LogP) is 4.25. The zero-order chi connectivity index (χ0) is 18.5. The largest absolute Gasteiger partial charge is 0.416 e. The maximum atomic E-state index is 12.9. The molecule has 0 radical (unpaired) electrons. The van der Waals surface area contributed by atoms with E-state index in [9.17, 15) is 18.0 Å². The molecule has 3 aliphatic rings. The quantitative estimate of drug-likeness (QED) is 0.794. The molecule has 3 nitrogen and oxygen atoms in total. The molecule has 0 saturated heterocycles. The zero-order valence-corrected chi connectivity index (χ0v) is 15.9. The van der Waals surface area contributed by atoms with E-state index in [2.05, 4.69) is 5.32 Å². The first-order chi connectivity index (χ1) is 12.3. The lowest BCUT2D eigenvalue weighted by Gasteiger charge is -2.45. The van der Waals surface area contributed by atoms with Gasteiger partial charge >= 0.3 is 6.18 Å². The van der Waals surface area contributed by atoms with E-state index in [1.165, 1.54) is 18.6 Å². The van der Waals surface area contributed by atoms with Gasteiger partial charge in [-0.2, -0.15) is 13.2 Å². The van der Waals surface area contributed by atoms with Gasteiger partial charge in [-0.1, -0.05) is 24.6 Å². The van der Waals surface area contributed by atoms with E-state index in [1.54, 1.807) is 6.07 Å². The Bertz CT molecular complexity index is 682. The van der Waals surface area contributed by atoms with Gasteiger partial charge in [0.25, 0.3) is 0 Å². The summed E-state index contributed by atoms with van der Waals surface area (Å²) >= 11 is 0. The van der Waals surface area contributed by atoms with Gasteiger partial charge < -0.3 is 11.1 Å². The predicted molar refractivity (Wildman–Crippen MR) is 99.5 cm³/mol. The molecule has 3 saturated carbocycles. The Kier molecular flexibility index (Phi) is 5.78. The SMILES string of the molecule is Cl.NC1CC2CCCC(C1)C2NC(=O)C1CC1c1cccc(C(F)(F)F)c1. The van der Waals surface area contributed by atoms with Crippen molar-refractivity contribution in [1.29, 1.82) is 0 Å². The summed E-state index contributed by atoms with van der Waals surface area (Å²) in [7, 11) is 0. The Hall–Kier alpha value is -1.27. The molecule has 1 aromatic rings. The molecule has 1 amide bonds. The highest BCUT2D eigenvalue weighted by atomic mass is 35.5. The van der Waals surface area contributed by atoms with Gasteiger partial charge in [-0.3, -0.25) is 4.79 Å². The second kappa shape index (κ2) is 7.63. The third kappa shape index (κ3) is 4.27. The first kappa shape index (κ1) is 20.5. The molecule has 4 rings (SSSR count). The first-order valence-corrected chi connectivity index (χ1v) is 9.56. The molecule has 0 aliphatic heterocycles. The van der Waals surface area contributed by atoms with E-state index in [4.69, 9.17) is 5.73 Å². The second-order valence-corrected chi connectivity index (χ2v) is 8.29. The Labute approximate surface area is 163 Å². The average Bonchev–Trinajstić information content (AvgIpc) is 3.36. The van der Waals surface area contributed by atoms with Crippen molar-refractivity contribution in [3.63, 3.8) is 0 Å². The van der Waals surface area contributed by atoms with Crippen LogP contribution < -0.4 is 11.1 Å². The number of nitrogens with two attached hydrogens (primary N) is 1. The van der Waals surface area contributed by atoms with Gasteiger partial charge in [0, 0.05) is 18.0 Å². The summed E-state index contributed by atoms with van der Waals surface area (Å²) in [5.74, 6) is 0.613. The third-order valence-corrected chi connectivity index (χ3v) is 6.45. The van der Waals surface area contributed by atoms with Gasteiger partial charge in [0.05, 0.1) is 5.56 Å². The number of carbonyl (C=O) groups excluding carboxylic acids is 1. The number of nitrogens with one attached hydrogen (secondary N) is 1. The Morgan fingerprint density at radius 2 is 1.78 bits per heavy atom. The molecule has 0 spiro atoms. The lowest BCUT2D eigenvalue weighted by molar-refractivity contribution is -0.137. The molecule has 0 heterocycles. The fourth-order valence-corrected chi connectivity index (χ4v) is 5.09. The van der Waals surface area contributed by atoms with Gasteiger partial charge in [-0.05, 0) is 61.5 Å². The second-order valence-electron chi connectivity index (χ2n) is 8.29. The van der Waals surface area contributed by atoms with Crippen molar-refractivity contribution in [1.82, 2.24) is 5.32 Å². The number of carbonyl (C=O) groups is 1. The smallest absolute Gasteiger partial charge is 0.353 e. The van der Waals surface area contributed by atoms with Gasteiger partial charge in [0.15, 0.2) is 0 Å². The van der Waals surface area contributed by atoms with Crippen LogP contribution >= 0.6 is 12.4 Å². The van der Waals surface area contributed by atoms with Crippen LogP contribution in [-0.2, 0) is 11.0 Å². The summed E-state index contributed by atoms with van der Waals surface area (Å²) in [6.45, 7) is 0. The highest BCUT2D eigenvalue weighted by Gasteiger charge is 2.47. The summed E-state index contributed by atoms with van der Waals surface area (Å²) in [6.07, 6.45) is 1.63. The van der Waals surface area contributed by atoms with Crippen LogP contribution in [0.3, 0.4) is 0 Å². The molecule has 150 valence electrons. The topological polar surface area (TPSA) is 55.1 Å². The Morgan fingerprint density at radius 3 is 2.41 bits per heavy atom. The number of amides is 1. The van der Waals surface area contributed by atoms with E-state index in [1.807, 2.05) is 0 Å². The zero-order valence-electron chi connectivity index (χ0n) is 15.0. The molecule has 4 unspecified atom stereocenters. The number of alkyl halides is 3. The molecule has 27 heavy (non-hydrogen) atoms. The molecular weight excluding hydrogens is 377 g/mol. The summed E-state index contributed by atoms with van der Waals surface area (Å²) in [4.78, 5) is 12.7. The maximum Gasteiger partial charge on any atom is 0.416 e. The number of halogens is 4. The fraction of sp³-hybridized carbons (Fsp3) is 0.650. The monoisotopic (exact) mass is 402 g/mol. The van der Waals surface area contributed by atoms with Crippen LogP contribution in [0.5, 0.6) is 0 Å². The van der Waals surface area contributed by atoms with Crippen LogP contribution in [0.4, 0.5) is 13.2 Å². The van der Waals surface area contributed by atoms with E-state index < -0.39 is 11.7 Å². The van der Waals surface area contributed by atoms with Crippen LogP contribution in [0, 0.1) is 17.8 Å². The summed E-state index contributed by atoms with van der Waals surface area (Å²) in [5.41, 5.74) is 6.11. The van der Waals surface area contributed by atoms with E-state index in [0.717, 1.165) is 31.7 Å². The van der Waals surface area contributed by atoms with Crippen molar-refractivity contribution in [2.75, 3.05) is 0 Å². The van der Waals surface area contributed by atoms with Gasteiger partial charge in [-0.25, -0.2) is 0 Å². The number of benzene rings is 1. The summed E-state index contributed by atoms with van der Waals surface area (Å²) in [5, 5.41) is 3.23. The van der Waals surface area contributed by atoms with Gasteiger partial charge in [0.1, 0.15) is 0 Å². The van der Waals surface area contributed by atoms with E-state index in [0.29, 0.717) is 23.8 Å². The minimum Gasteiger partial charge on any atom is -0.353 e. The highest BCUT2D eigenvalue weighted by Crippen LogP contribution is 2.49. The average molecular weight is 403 g/mol. The van der Waals surface area contributed by atoms with Gasteiger partial charge in [0.2, 0.25) is 5.91 Å². The Balaban J connectivity index is 0.00000210. The first-order valence-electron chi connectivity index (χ1n) is 9.56. The minimum atomic E-state index is -4.35. The summed E-state index contributed by atoms with van der Waals surface area (Å²) < 4.78 is 38.7. The van der Waals surface area contributed by atoms with Crippen molar-refractivity contribution >= 4 is 18.3 Å². The molecule has 3 aliphatic carbocycles. The highest BCUT2D eigenvalue weighted by molar-refractivity contribution is 5.85. The molecule has 4 atom stereocenters.